The first-order valence-electron chi connectivity index (χ1n) is 6.76. The van der Waals surface area contributed by atoms with Crippen LogP contribution in [0, 0.1) is 11.3 Å². The second-order valence-corrected chi connectivity index (χ2v) is 5.51. The number of hydrogen-bond acceptors (Lipinski definition) is 3. The summed E-state index contributed by atoms with van der Waals surface area (Å²) in [4.78, 5) is 0. The van der Waals surface area contributed by atoms with Crippen molar-refractivity contribution in [1.82, 2.24) is 5.32 Å². The lowest BCUT2D eigenvalue weighted by Gasteiger charge is -2.25. The van der Waals surface area contributed by atoms with Gasteiger partial charge in [-0.3, -0.25) is 0 Å². The van der Waals surface area contributed by atoms with E-state index in [2.05, 4.69) is 31.2 Å². The molecule has 1 rings (SSSR count). The Morgan fingerprint density at radius 3 is 2.41 bits per heavy atom. The fraction of sp³-hybridized carbons (Fsp3) is 0.923. The van der Waals surface area contributed by atoms with Crippen LogP contribution in [-0.4, -0.2) is 23.6 Å². The molecule has 1 atom stereocenters. The molecule has 1 unspecified atom stereocenters. The Morgan fingerprint density at radius 1 is 1.41 bits per heavy atom. The third kappa shape index (κ3) is 4.19. The summed E-state index contributed by atoms with van der Waals surface area (Å²) in [7, 11) is 0. The van der Waals surface area contributed by atoms with Gasteiger partial charge in [0.25, 0.3) is 0 Å². The normalized spacial score (nSPS) is 20.6. The van der Waals surface area contributed by atoms with E-state index in [-0.39, 0.29) is 5.41 Å². The highest BCUT2D eigenvalue weighted by Crippen LogP contribution is 2.48. The summed E-state index contributed by atoms with van der Waals surface area (Å²) in [5.41, 5.74) is 5.85. The van der Waals surface area contributed by atoms with Crippen LogP contribution >= 0.6 is 0 Å². The maximum absolute atomic E-state index is 8.61. The second-order valence-electron chi connectivity index (χ2n) is 5.51. The molecule has 4 N–H and O–H groups in total. The van der Waals surface area contributed by atoms with Crippen molar-refractivity contribution in [3.8, 4) is 0 Å². The molecule has 0 saturated heterocycles. The fourth-order valence-electron chi connectivity index (χ4n) is 2.55. The Bertz CT molecular complexity index is 257. The molecule has 1 aliphatic rings. The molecule has 0 spiro atoms. The number of nitrogens with two attached hydrogens (primary N) is 1. The lowest BCUT2D eigenvalue weighted by molar-refractivity contribution is 0.308. The van der Waals surface area contributed by atoms with Crippen molar-refractivity contribution >= 4 is 5.84 Å². The number of rotatable bonds is 8. The van der Waals surface area contributed by atoms with Gasteiger partial charge in [-0.1, -0.05) is 31.8 Å². The van der Waals surface area contributed by atoms with E-state index in [4.69, 9.17) is 10.9 Å². The SMILES string of the molecule is CCC(CC)C(C)NCC1(CC(N)=NO)CC1. The van der Waals surface area contributed by atoms with E-state index in [0.29, 0.717) is 18.3 Å². The summed E-state index contributed by atoms with van der Waals surface area (Å²) in [6.07, 6.45) is 5.53. The van der Waals surface area contributed by atoms with Gasteiger partial charge in [0, 0.05) is 19.0 Å². The third-order valence-corrected chi connectivity index (χ3v) is 4.20. The number of amidine groups is 1. The molecule has 0 radical (unpaired) electrons. The Balaban J connectivity index is 2.35. The van der Waals surface area contributed by atoms with Crippen molar-refractivity contribution in [2.45, 2.75) is 58.9 Å². The molecule has 0 aromatic rings. The van der Waals surface area contributed by atoms with Gasteiger partial charge in [-0.15, -0.1) is 0 Å². The van der Waals surface area contributed by atoms with Crippen molar-refractivity contribution < 1.29 is 5.21 Å². The summed E-state index contributed by atoms with van der Waals surface area (Å²) in [5.74, 6) is 1.11. The summed E-state index contributed by atoms with van der Waals surface area (Å²) in [5, 5.41) is 15.3. The molecule has 1 saturated carbocycles. The van der Waals surface area contributed by atoms with E-state index in [1.54, 1.807) is 0 Å². The molecule has 0 amide bonds. The van der Waals surface area contributed by atoms with Crippen LogP contribution < -0.4 is 11.1 Å². The summed E-state index contributed by atoms with van der Waals surface area (Å²) in [6, 6.07) is 0.551. The van der Waals surface area contributed by atoms with Crippen LogP contribution in [-0.2, 0) is 0 Å². The lowest BCUT2D eigenvalue weighted by atomic mass is 9.94. The van der Waals surface area contributed by atoms with Crippen molar-refractivity contribution in [1.29, 1.82) is 0 Å². The minimum absolute atomic E-state index is 0.261. The van der Waals surface area contributed by atoms with Crippen LogP contribution in [0.25, 0.3) is 0 Å². The van der Waals surface area contributed by atoms with Gasteiger partial charge in [-0.05, 0) is 31.1 Å². The largest absolute Gasteiger partial charge is 0.409 e. The van der Waals surface area contributed by atoms with Crippen LogP contribution in [0.3, 0.4) is 0 Å². The standard InChI is InChI=1S/C13H27N3O/c1-4-11(5-2)10(3)15-9-13(6-7-13)8-12(14)16-17/h10-11,15,17H,4-9H2,1-3H3,(H2,14,16). The first-order valence-corrected chi connectivity index (χ1v) is 6.76. The van der Waals surface area contributed by atoms with Gasteiger partial charge in [-0.2, -0.15) is 0 Å². The molecule has 0 bridgehead atoms. The Labute approximate surface area is 105 Å². The zero-order valence-electron chi connectivity index (χ0n) is 11.4. The second kappa shape index (κ2) is 6.24. The van der Waals surface area contributed by atoms with Crippen LogP contribution in [0.1, 0.15) is 52.9 Å². The van der Waals surface area contributed by atoms with E-state index in [1.807, 2.05) is 0 Å². The summed E-state index contributed by atoms with van der Waals surface area (Å²) in [6.45, 7) is 7.74. The Hall–Kier alpha value is -0.770. The molecule has 4 nitrogen and oxygen atoms in total. The monoisotopic (exact) mass is 241 g/mol. The average Bonchev–Trinajstić information content (AvgIpc) is 3.08. The zero-order chi connectivity index (χ0) is 12.9. The minimum atomic E-state index is 0.261. The predicted octanol–water partition coefficient (Wildman–Crippen LogP) is 2.32. The van der Waals surface area contributed by atoms with Crippen molar-refractivity contribution in [2.75, 3.05) is 6.54 Å². The van der Waals surface area contributed by atoms with Gasteiger partial charge in [-0.25, -0.2) is 0 Å². The molecule has 1 aliphatic carbocycles. The molecule has 0 aromatic heterocycles. The highest BCUT2D eigenvalue weighted by molar-refractivity contribution is 5.80. The molecular formula is C13H27N3O. The van der Waals surface area contributed by atoms with Crippen molar-refractivity contribution in [2.24, 2.45) is 22.2 Å². The first kappa shape index (κ1) is 14.3. The number of oxime groups is 1. The zero-order valence-corrected chi connectivity index (χ0v) is 11.4. The maximum Gasteiger partial charge on any atom is 0.139 e. The van der Waals surface area contributed by atoms with Gasteiger partial charge in [0.15, 0.2) is 0 Å². The molecule has 1 fully saturated rings. The molecule has 4 heteroatoms. The number of hydrogen-bond donors (Lipinski definition) is 3. The Morgan fingerprint density at radius 2 is 2.00 bits per heavy atom. The van der Waals surface area contributed by atoms with Gasteiger partial charge in [0.05, 0.1) is 0 Å². The van der Waals surface area contributed by atoms with E-state index in [0.717, 1.165) is 12.5 Å². The Kier molecular flexibility index (Phi) is 5.25. The van der Waals surface area contributed by atoms with E-state index >= 15 is 0 Å². The summed E-state index contributed by atoms with van der Waals surface area (Å²) < 4.78 is 0. The minimum Gasteiger partial charge on any atom is -0.409 e. The number of nitrogens with one attached hydrogen (secondary N) is 1. The van der Waals surface area contributed by atoms with E-state index < -0.39 is 0 Å². The van der Waals surface area contributed by atoms with Crippen molar-refractivity contribution in [3.05, 3.63) is 0 Å². The van der Waals surface area contributed by atoms with E-state index in [1.165, 1.54) is 25.7 Å². The fourth-order valence-corrected chi connectivity index (χ4v) is 2.55. The maximum atomic E-state index is 8.61. The van der Waals surface area contributed by atoms with Crippen LogP contribution in [0.4, 0.5) is 0 Å². The average molecular weight is 241 g/mol. The van der Waals surface area contributed by atoms with Crippen LogP contribution in [0.5, 0.6) is 0 Å². The topological polar surface area (TPSA) is 70.6 Å². The smallest absolute Gasteiger partial charge is 0.139 e. The first-order chi connectivity index (χ1) is 8.06. The van der Waals surface area contributed by atoms with Crippen LogP contribution in [0.2, 0.25) is 0 Å². The van der Waals surface area contributed by atoms with Gasteiger partial charge in [0.2, 0.25) is 0 Å². The summed E-state index contributed by atoms with van der Waals surface area (Å²) >= 11 is 0. The molecule has 17 heavy (non-hydrogen) atoms. The van der Waals surface area contributed by atoms with Crippen molar-refractivity contribution in [3.63, 3.8) is 0 Å². The predicted molar refractivity (Wildman–Crippen MR) is 71.2 cm³/mol. The molecule has 0 aromatic carbocycles. The van der Waals surface area contributed by atoms with Gasteiger partial charge >= 0.3 is 0 Å². The number of nitrogens with zero attached hydrogens (tertiary/aromatic N) is 1. The quantitative estimate of drug-likeness (QED) is 0.264. The molecule has 0 heterocycles. The van der Waals surface area contributed by atoms with Gasteiger partial charge in [0.1, 0.15) is 5.84 Å². The van der Waals surface area contributed by atoms with E-state index in [9.17, 15) is 0 Å². The third-order valence-electron chi connectivity index (χ3n) is 4.20. The van der Waals surface area contributed by atoms with Gasteiger partial charge < -0.3 is 16.3 Å². The molecular weight excluding hydrogens is 214 g/mol. The highest BCUT2D eigenvalue weighted by Gasteiger charge is 2.43. The highest BCUT2D eigenvalue weighted by atomic mass is 16.4. The van der Waals surface area contributed by atoms with Crippen LogP contribution in [0.15, 0.2) is 5.16 Å². The lowest BCUT2D eigenvalue weighted by Crippen LogP contribution is -2.38. The molecule has 0 aliphatic heterocycles. The molecule has 100 valence electrons.